The molecule has 0 bridgehead atoms. The van der Waals surface area contributed by atoms with Gasteiger partial charge >= 0.3 is 6.09 Å². The Hall–Kier alpha value is -1.65. The molecule has 0 fully saturated rings. The van der Waals surface area contributed by atoms with E-state index in [9.17, 15) is 4.79 Å². The molecule has 0 heterocycles. The average molecular weight is 181 g/mol. The van der Waals surface area contributed by atoms with Gasteiger partial charge in [-0.1, -0.05) is 11.8 Å². The maximum atomic E-state index is 11.1. The van der Waals surface area contributed by atoms with Gasteiger partial charge in [0.2, 0.25) is 0 Å². The highest BCUT2D eigenvalue weighted by Crippen LogP contribution is 1.94. The van der Waals surface area contributed by atoms with Crippen LogP contribution in [0.15, 0.2) is 0 Å². The molecule has 0 N–H and O–H groups in total. The summed E-state index contributed by atoms with van der Waals surface area (Å²) in [5.41, 5.74) is 0. The second-order valence-electron chi connectivity index (χ2n) is 1.92. The van der Waals surface area contributed by atoms with E-state index in [1.807, 2.05) is 0 Å². The highest BCUT2D eigenvalue weighted by molar-refractivity contribution is 5.66. The lowest BCUT2D eigenvalue weighted by molar-refractivity contribution is -0.114. The van der Waals surface area contributed by atoms with Crippen LogP contribution in [0.3, 0.4) is 0 Å². The number of hydrogen-bond acceptors (Lipinski definition) is 3. The zero-order valence-corrected chi connectivity index (χ0v) is 7.45. The first-order valence-electron chi connectivity index (χ1n) is 3.70. The summed E-state index contributed by atoms with van der Waals surface area (Å²) in [6.45, 7) is 1.95. The zero-order chi connectivity index (χ0) is 10.1. The first-order chi connectivity index (χ1) is 6.26. The molecule has 0 rings (SSSR count). The third kappa shape index (κ3) is 4.73. The van der Waals surface area contributed by atoms with E-state index in [2.05, 4.69) is 16.6 Å². The van der Waals surface area contributed by atoms with Gasteiger partial charge < -0.3 is 4.74 Å². The van der Waals surface area contributed by atoms with Crippen LogP contribution in [0.25, 0.3) is 0 Å². The van der Waals surface area contributed by atoms with Crippen molar-refractivity contribution < 1.29 is 14.4 Å². The number of carbonyl (C=O) groups is 1. The molecule has 0 saturated heterocycles. The van der Waals surface area contributed by atoms with Crippen LogP contribution < -0.4 is 0 Å². The Morgan fingerprint density at radius 1 is 1.46 bits per heavy atom. The van der Waals surface area contributed by atoms with Gasteiger partial charge in [-0.2, -0.15) is 5.06 Å². The smallest absolute Gasteiger partial charge is 0.434 e. The molecular formula is C9H11NO3. The molecule has 4 nitrogen and oxygen atoms in total. The minimum absolute atomic E-state index is 0.0134. The normalized spacial score (nSPS) is 8.23. The van der Waals surface area contributed by atoms with Crippen molar-refractivity contribution in [2.24, 2.45) is 0 Å². The summed E-state index contributed by atoms with van der Waals surface area (Å²) in [4.78, 5) is 15.9. The standard InChI is InChI=1S/C9H11NO3/c1-4-7-10(13-8-5-2)9(11)12-6-3/h1-2H,6-8H2,3H3. The number of rotatable bonds is 4. The first kappa shape index (κ1) is 11.4. The number of hydrogen-bond donors (Lipinski definition) is 0. The Labute approximate surface area is 77.8 Å². The van der Waals surface area contributed by atoms with Crippen LogP contribution >= 0.6 is 0 Å². The predicted molar refractivity (Wildman–Crippen MR) is 47.3 cm³/mol. The highest BCUT2D eigenvalue weighted by atomic mass is 16.7. The maximum Gasteiger partial charge on any atom is 0.434 e. The monoisotopic (exact) mass is 181 g/mol. The van der Waals surface area contributed by atoms with Gasteiger partial charge in [0.15, 0.2) is 0 Å². The second-order valence-corrected chi connectivity index (χ2v) is 1.92. The number of amides is 1. The number of carbonyl (C=O) groups excluding carboxylic acids is 1. The summed E-state index contributed by atoms with van der Waals surface area (Å²) in [5.74, 6) is 4.46. The number of terminal acetylenes is 2. The van der Waals surface area contributed by atoms with Gasteiger partial charge in [-0.25, -0.2) is 4.79 Å². The lowest BCUT2D eigenvalue weighted by Crippen LogP contribution is -2.32. The van der Waals surface area contributed by atoms with Crippen LogP contribution in [0.2, 0.25) is 0 Å². The molecular weight excluding hydrogens is 170 g/mol. The van der Waals surface area contributed by atoms with Gasteiger partial charge in [0.25, 0.3) is 0 Å². The van der Waals surface area contributed by atoms with Crippen LogP contribution in [0.4, 0.5) is 4.79 Å². The van der Waals surface area contributed by atoms with Gasteiger partial charge in [0, 0.05) is 0 Å². The van der Waals surface area contributed by atoms with Crippen molar-refractivity contribution in [2.45, 2.75) is 6.92 Å². The Balaban J connectivity index is 4.01. The molecule has 13 heavy (non-hydrogen) atoms. The van der Waals surface area contributed by atoms with Gasteiger partial charge in [-0.15, -0.1) is 12.8 Å². The van der Waals surface area contributed by atoms with Crippen molar-refractivity contribution in [3.05, 3.63) is 0 Å². The van der Waals surface area contributed by atoms with E-state index in [4.69, 9.17) is 17.7 Å². The molecule has 0 saturated carbocycles. The molecule has 0 unspecified atom stereocenters. The van der Waals surface area contributed by atoms with Crippen molar-refractivity contribution >= 4 is 6.09 Å². The zero-order valence-electron chi connectivity index (χ0n) is 7.45. The van der Waals surface area contributed by atoms with E-state index in [1.54, 1.807) is 6.92 Å². The molecule has 0 spiro atoms. The van der Waals surface area contributed by atoms with Crippen LogP contribution in [-0.4, -0.2) is 30.9 Å². The van der Waals surface area contributed by atoms with Crippen molar-refractivity contribution in [3.63, 3.8) is 0 Å². The second kappa shape index (κ2) is 7.02. The quantitative estimate of drug-likeness (QED) is 0.472. The average Bonchev–Trinajstić information content (AvgIpc) is 2.12. The molecule has 0 aromatic carbocycles. The Bertz CT molecular complexity index is 236. The lowest BCUT2D eigenvalue weighted by Gasteiger charge is -2.16. The van der Waals surface area contributed by atoms with Crippen LogP contribution in [-0.2, 0) is 9.57 Å². The number of ether oxygens (including phenoxy) is 1. The molecule has 0 aliphatic rings. The largest absolute Gasteiger partial charge is 0.448 e. The van der Waals surface area contributed by atoms with E-state index < -0.39 is 6.09 Å². The van der Waals surface area contributed by atoms with Gasteiger partial charge in [0.05, 0.1) is 6.61 Å². The SMILES string of the molecule is C#CCON(CC#C)C(=O)OCC. The Morgan fingerprint density at radius 3 is 2.62 bits per heavy atom. The third-order valence-corrected chi connectivity index (χ3v) is 1.01. The molecule has 0 aromatic heterocycles. The fraction of sp³-hybridized carbons (Fsp3) is 0.444. The molecule has 70 valence electrons. The van der Waals surface area contributed by atoms with E-state index >= 15 is 0 Å². The lowest BCUT2D eigenvalue weighted by atomic mass is 10.6. The Morgan fingerprint density at radius 2 is 2.15 bits per heavy atom. The topological polar surface area (TPSA) is 38.8 Å². The fourth-order valence-corrected chi connectivity index (χ4v) is 0.556. The Kier molecular flexibility index (Phi) is 6.13. The summed E-state index contributed by atoms with van der Waals surface area (Å²) in [6, 6.07) is 0. The molecule has 0 atom stereocenters. The van der Waals surface area contributed by atoms with Crippen molar-refractivity contribution in [1.82, 2.24) is 5.06 Å². The predicted octanol–water partition coefficient (Wildman–Crippen LogP) is 0.643. The van der Waals surface area contributed by atoms with Gasteiger partial charge in [-0.3, -0.25) is 4.84 Å². The summed E-state index contributed by atoms with van der Waals surface area (Å²) in [7, 11) is 0. The minimum Gasteiger partial charge on any atom is -0.448 e. The molecule has 1 amide bonds. The molecule has 0 aliphatic heterocycles. The van der Waals surface area contributed by atoms with Gasteiger partial charge in [0.1, 0.15) is 13.2 Å². The summed E-state index contributed by atoms with van der Waals surface area (Å²) in [6.07, 6.45) is 9.32. The van der Waals surface area contributed by atoms with E-state index in [0.717, 1.165) is 5.06 Å². The number of hydroxylamine groups is 2. The first-order valence-corrected chi connectivity index (χ1v) is 3.70. The maximum absolute atomic E-state index is 11.1. The third-order valence-electron chi connectivity index (χ3n) is 1.01. The minimum atomic E-state index is -0.629. The summed E-state index contributed by atoms with van der Waals surface area (Å²) in [5, 5.41) is 0.906. The van der Waals surface area contributed by atoms with Crippen molar-refractivity contribution in [1.29, 1.82) is 0 Å². The van der Waals surface area contributed by atoms with Crippen LogP contribution in [0, 0.1) is 24.7 Å². The van der Waals surface area contributed by atoms with E-state index in [0.29, 0.717) is 0 Å². The molecule has 0 aliphatic carbocycles. The van der Waals surface area contributed by atoms with E-state index in [-0.39, 0.29) is 19.8 Å². The summed E-state index contributed by atoms with van der Waals surface area (Å²) < 4.78 is 4.65. The van der Waals surface area contributed by atoms with Crippen LogP contribution in [0.1, 0.15) is 6.92 Å². The van der Waals surface area contributed by atoms with Crippen LogP contribution in [0.5, 0.6) is 0 Å². The highest BCUT2D eigenvalue weighted by Gasteiger charge is 2.13. The molecule has 0 radical (unpaired) electrons. The van der Waals surface area contributed by atoms with Crippen molar-refractivity contribution in [2.75, 3.05) is 19.8 Å². The van der Waals surface area contributed by atoms with Gasteiger partial charge in [-0.05, 0) is 6.92 Å². The summed E-state index contributed by atoms with van der Waals surface area (Å²) >= 11 is 0. The molecule has 0 aromatic rings. The fourth-order valence-electron chi connectivity index (χ4n) is 0.556. The van der Waals surface area contributed by atoms with Crippen molar-refractivity contribution in [3.8, 4) is 24.7 Å². The number of nitrogens with zero attached hydrogens (tertiary/aromatic N) is 1. The van der Waals surface area contributed by atoms with E-state index in [1.165, 1.54) is 0 Å². The molecule has 4 heteroatoms.